The summed E-state index contributed by atoms with van der Waals surface area (Å²) < 4.78 is 10.8. The van der Waals surface area contributed by atoms with Crippen molar-refractivity contribution in [3.8, 4) is 11.5 Å². The van der Waals surface area contributed by atoms with E-state index in [0.717, 1.165) is 16.3 Å². The third-order valence-corrected chi connectivity index (χ3v) is 4.76. The van der Waals surface area contributed by atoms with Gasteiger partial charge >= 0.3 is 0 Å². The number of methoxy groups -OCH3 is 2. The van der Waals surface area contributed by atoms with Crippen molar-refractivity contribution in [1.82, 2.24) is 4.98 Å². The zero-order chi connectivity index (χ0) is 18.1. The first-order chi connectivity index (χ1) is 12.0. The molecule has 130 valence electrons. The van der Waals surface area contributed by atoms with Gasteiger partial charge in [-0.1, -0.05) is 6.07 Å². The molecular formula is C21H23NO3. The molecule has 1 unspecified atom stereocenters. The summed E-state index contributed by atoms with van der Waals surface area (Å²) >= 11 is 0. The van der Waals surface area contributed by atoms with E-state index < -0.39 is 6.10 Å². The number of benzene rings is 2. The van der Waals surface area contributed by atoms with Crippen molar-refractivity contribution in [3.63, 3.8) is 0 Å². The van der Waals surface area contributed by atoms with E-state index in [1.54, 1.807) is 20.4 Å². The van der Waals surface area contributed by atoms with Gasteiger partial charge < -0.3 is 14.6 Å². The van der Waals surface area contributed by atoms with Crippen molar-refractivity contribution in [2.75, 3.05) is 14.2 Å². The number of pyridine rings is 1. The smallest absolute Gasteiger partial charge is 0.125 e. The third-order valence-electron chi connectivity index (χ3n) is 4.76. The van der Waals surface area contributed by atoms with Crippen LogP contribution in [0.3, 0.4) is 0 Å². The van der Waals surface area contributed by atoms with E-state index in [1.807, 2.05) is 25.1 Å². The Hall–Kier alpha value is -2.59. The predicted octanol–water partition coefficient (Wildman–Crippen LogP) is 4.26. The molecule has 0 amide bonds. The number of aliphatic hydroxyl groups excluding tert-OH is 1. The minimum Gasteiger partial charge on any atom is -0.496 e. The van der Waals surface area contributed by atoms with E-state index in [1.165, 1.54) is 11.1 Å². The maximum absolute atomic E-state index is 11.0. The van der Waals surface area contributed by atoms with Crippen LogP contribution < -0.4 is 9.47 Å². The second kappa shape index (κ2) is 6.73. The molecule has 4 heteroatoms. The number of fused-ring (bicyclic) bond motifs is 1. The first-order valence-corrected chi connectivity index (χ1v) is 8.22. The first-order valence-electron chi connectivity index (χ1n) is 8.22. The van der Waals surface area contributed by atoms with Gasteiger partial charge in [0.1, 0.15) is 17.6 Å². The summed E-state index contributed by atoms with van der Waals surface area (Å²) in [4.78, 5) is 4.46. The summed E-state index contributed by atoms with van der Waals surface area (Å²) in [6.07, 6.45) is 0.868. The van der Waals surface area contributed by atoms with Crippen molar-refractivity contribution in [2.24, 2.45) is 0 Å². The summed E-state index contributed by atoms with van der Waals surface area (Å²) in [7, 11) is 3.22. The van der Waals surface area contributed by atoms with Gasteiger partial charge in [0.2, 0.25) is 0 Å². The van der Waals surface area contributed by atoms with Crippen molar-refractivity contribution < 1.29 is 14.6 Å². The van der Waals surface area contributed by atoms with E-state index in [9.17, 15) is 5.11 Å². The molecular weight excluding hydrogens is 314 g/mol. The van der Waals surface area contributed by atoms with Gasteiger partial charge in [-0.3, -0.25) is 4.98 Å². The Kier molecular flexibility index (Phi) is 4.64. The highest BCUT2D eigenvalue weighted by Gasteiger charge is 2.19. The fourth-order valence-corrected chi connectivity index (χ4v) is 3.11. The number of hydrogen-bond acceptors (Lipinski definition) is 4. The second-order valence-corrected chi connectivity index (χ2v) is 6.31. The summed E-state index contributed by atoms with van der Waals surface area (Å²) in [5.41, 5.74) is 4.62. The van der Waals surface area contributed by atoms with Gasteiger partial charge in [-0.25, -0.2) is 0 Å². The molecule has 3 aromatic rings. The summed E-state index contributed by atoms with van der Waals surface area (Å²) in [6, 6.07) is 9.85. The lowest BCUT2D eigenvalue weighted by Crippen LogP contribution is -2.05. The number of aryl methyl sites for hydroxylation is 2. The quantitative estimate of drug-likeness (QED) is 0.773. The SMILES string of the molecule is COc1cc(C(O)c2nccc3cc(C)c(C)cc23)cc(OC)c1C. The van der Waals surface area contributed by atoms with E-state index in [0.29, 0.717) is 22.8 Å². The molecule has 0 aliphatic carbocycles. The lowest BCUT2D eigenvalue weighted by atomic mass is 9.96. The molecule has 3 rings (SSSR count). The number of hydrogen-bond donors (Lipinski definition) is 1. The van der Waals surface area contributed by atoms with E-state index in [4.69, 9.17) is 9.47 Å². The Bertz CT molecular complexity index is 909. The van der Waals surface area contributed by atoms with Crippen LogP contribution in [0, 0.1) is 20.8 Å². The Morgan fingerprint density at radius 2 is 1.52 bits per heavy atom. The predicted molar refractivity (Wildman–Crippen MR) is 99.6 cm³/mol. The van der Waals surface area contributed by atoms with Crippen LogP contribution in [-0.4, -0.2) is 24.3 Å². The van der Waals surface area contributed by atoms with Crippen LogP contribution in [0.2, 0.25) is 0 Å². The highest BCUT2D eigenvalue weighted by Crippen LogP contribution is 2.35. The fourth-order valence-electron chi connectivity index (χ4n) is 3.11. The highest BCUT2D eigenvalue weighted by molar-refractivity contribution is 5.86. The monoisotopic (exact) mass is 337 g/mol. The van der Waals surface area contributed by atoms with Crippen molar-refractivity contribution >= 4 is 10.8 Å². The minimum atomic E-state index is -0.866. The molecule has 0 aliphatic heterocycles. The van der Waals surface area contributed by atoms with Gasteiger partial charge in [-0.15, -0.1) is 0 Å². The standard InChI is InChI=1S/C21H23NO3/c1-12-8-15-6-7-22-20(17(15)9-13(12)2)21(23)16-10-18(24-4)14(3)19(11-16)25-5/h6-11,21,23H,1-5H3. The maximum atomic E-state index is 11.0. The first kappa shape index (κ1) is 17.2. The second-order valence-electron chi connectivity index (χ2n) is 6.31. The fraction of sp³-hybridized carbons (Fsp3) is 0.286. The Balaban J connectivity index is 2.17. The molecule has 0 saturated heterocycles. The number of ether oxygens (including phenoxy) is 2. The summed E-state index contributed by atoms with van der Waals surface area (Å²) in [5, 5.41) is 13.0. The summed E-state index contributed by atoms with van der Waals surface area (Å²) in [6.45, 7) is 6.08. The third kappa shape index (κ3) is 3.05. The molecule has 0 fully saturated rings. The molecule has 0 aliphatic rings. The van der Waals surface area contributed by atoms with E-state index in [-0.39, 0.29) is 0 Å². The van der Waals surface area contributed by atoms with Crippen LogP contribution in [-0.2, 0) is 0 Å². The van der Waals surface area contributed by atoms with E-state index in [2.05, 4.69) is 31.0 Å². The lowest BCUT2D eigenvalue weighted by Gasteiger charge is -2.18. The van der Waals surface area contributed by atoms with E-state index >= 15 is 0 Å². The van der Waals surface area contributed by atoms with Crippen molar-refractivity contribution in [2.45, 2.75) is 26.9 Å². The normalized spacial score (nSPS) is 12.2. The maximum Gasteiger partial charge on any atom is 0.125 e. The molecule has 0 spiro atoms. The average molecular weight is 337 g/mol. The number of nitrogens with zero attached hydrogens (tertiary/aromatic N) is 1. The lowest BCUT2D eigenvalue weighted by molar-refractivity contribution is 0.216. The van der Waals surface area contributed by atoms with Crippen LogP contribution in [0.15, 0.2) is 36.5 Å². The molecule has 0 bridgehead atoms. The van der Waals surface area contributed by atoms with Gasteiger partial charge in [-0.05, 0) is 67.1 Å². The van der Waals surface area contributed by atoms with Gasteiger partial charge in [0.05, 0.1) is 19.9 Å². The molecule has 25 heavy (non-hydrogen) atoms. The Labute approximate surface area is 148 Å². The van der Waals surface area contributed by atoms with Gasteiger partial charge in [-0.2, -0.15) is 0 Å². The van der Waals surface area contributed by atoms with Crippen LogP contribution in [0.1, 0.15) is 34.1 Å². The number of aromatic nitrogens is 1. The topological polar surface area (TPSA) is 51.6 Å². The molecule has 1 heterocycles. The van der Waals surface area contributed by atoms with Gasteiger partial charge in [0, 0.05) is 17.1 Å². The molecule has 0 radical (unpaired) electrons. The summed E-state index contributed by atoms with van der Waals surface area (Å²) in [5.74, 6) is 1.36. The highest BCUT2D eigenvalue weighted by atomic mass is 16.5. The molecule has 1 N–H and O–H groups in total. The molecule has 1 atom stereocenters. The number of aliphatic hydroxyl groups is 1. The zero-order valence-corrected chi connectivity index (χ0v) is 15.3. The van der Waals surface area contributed by atoms with Crippen LogP contribution in [0.25, 0.3) is 10.8 Å². The largest absolute Gasteiger partial charge is 0.496 e. The van der Waals surface area contributed by atoms with Crippen LogP contribution in [0.4, 0.5) is 0 Å². The van der Waals surface area contributed by atoms with Gasteiger partial charge in [0.15, 0.2) is 0 Å². The number of rotatable bonds is 4. The van der Waals surface area contributed by atoms with Crippen molar-refractivity contribution in [3.05, 3.63) is 64.5 Å². The molecule has 1 aromatic heterocycles. The minimum absolute atomic E-state index is 0.633. The Morgan fingerprint density at radius 3 is 2.12 bits per heavy atom. The molecule has 0 saturated carbocycles. The molecule has 4 nitrogen and oxygen atoms in total. The van der Waals surface area contributed by atoms with Crippen LogP contribution in [0.5, 0.6) is 11.5 Å². The average Bonchev–Trinajstić information content (AvgIpc) is 2.62. The van der Waals surface area contributed by atoms with Crippen LogP contribution >= 0.6 is 0 Å². The Morgan fingerprint density at radius 1 is 0.920 bits per heavy atom. The van der Waals surface area contributed by atoms with Gasteiger partial charge in [0.25, 0.3) is 0 Å². The zero-order valence-electron chi connectivity index (χ0n) is 15.3. The molecule has 2 aromatic carbocycles. The van der Waals surface area contributed by atoms with Crippen molar-refractivity contribution in [1.29, 1.82) is 0 Å².